The third-order valence-corrected chi connectivity index (χ3v) is 5.72. The summed E-state index contributed by atoms with van der Waals surface area (Å²) in [5.41, 5.74) is -1.15. The van der Waals surface area contributed by atoms with Gasteiger partial charge in [-0.3, -0.25) is 4.79 Å². The van der Waals surface area contributed by atoms with Crippen LogP contribution < -0.4 is 0 Å². The average molecular weight is 304 g/mol. The van der Waals surface area contributed by atoms with Gasteiger partial charge < -0.3 is 4.74 Å². The second kappa shape index (κ2) is 5.68. The third-order valence-electron chi connectivity index (χ3n) is 5.72. The Balaban J connectivity index is 2.44. The first-order chi connectivity index (χ1) is 10.1. The van der Waals surface area contributed by atoms with Gasteiger partial charge in [0.15, 0.2) is 0 Å². The molecule has 2 aliphatic rings. The van der Waals surface area contributed by atoms with Crippen molar-refractivity contribution in [1.29, 1.82) is 0 Å². The van der Waals surface area contributed by atoms with Crippen molar-refractivity contribution >= 4 is 11.8 Å². The Morgan fingerprint density at radius 2 is 1.86 bits per heavy atom. The first kappa shape index (κ1) is 17.0. The number of carbonyl (C=O) groups is 2. The quantitative estimate of drug-likeness (QED) is 0.538. The molecule has 0 saturated heterocycles. The predicted octanol–water partition coefficient (Wildman–Crippen LogP) is 4.23. The van der Waals surface area contributed by atoms with E-state index in [1.54, 1.807) is 6.08 Å². The van der Waals surface area contributed by atoms with E-state index in [0.717, 1.165) is 19.3 Å². The normalized spacial score (nSPS) is 38.8. The highest BCUT2D eigenvalue weighted by Crippen LogP contribution is 2.53. The maximum atomic E-state index is 13.0. The molecule has 0 aromatic carbocycles. The van der Waals surface area contributed by atoms with Crippen LogP contribution in [0.4, 0.5) is 0 Å². The van der Waals surface area contributed by atoms with Crippen LogP contribution in [0.5, 0.6) is 0 Å². The van der Waals surface area contributed by atoms with Crippen LogP contribution in [-0.4, -0.2) is 17.4 Å². The predicted molar refractivity (Wildman–Crippen MR) is 87.3 cm³/mol. The van der Waals surface area contributed by atoms with Crippen LogP contribution in [0.2, 0.25) is 0 Å². The summed E-state index contributed by atoms with van der Waals surface area (Å²) in [7, 11) is 0. The van der Waals surface area contributed by atoms with Crippen molar-refractivity contribution in [3.8, 4) is 0 Å². The maximum Gasteiger partial charge on any atom is 0.331 e. The summed E-state index contributed by atoms with van der Waals surface area (Å²) < 4.78 is 5.50. The molecule has 0 amide bonds. The minimum absolute atomic E-state index is 0.0143. The van der Waals surface area contributed by atoms with E-state index in [-0.39, 0.29) is 23.1 Å². The second-order valence-electron chi connectivity index (χ2n) is 7.96. The van der Waals surface area contributed by atoms with Gasteiger partial charge in [-0.05, 0) is 43.6 Å². The summed E-state index contributed by atoms with van der Waals surface area (Å²) in [6, 6.07) is 0. The molecule has 0 radical (unpaired) electrons. The van der Waals surface area contributed by atoms with Gasteiger partial charge in [-0.15, -0.1) is 0 Å². The monoisotopic (exact) mass is 304 g/mol. The largest absolute Gasteiger partial charge is 0.452 e. The zero-order chi connectivity index (χ0) is 16.6. The Morgan fingerprint density at radius 1 is 1.18 bits per heavy atom. The lowest BCUT2D eigenvalue weighted by Crippen LogP contribution is -2.47. The van der Waals surface area contributed by atoms with Gasteiger partial charge in [0.2, 0.25) is 0 Å². The van der Waals surface area contributed by atoms with Crippen LogP contribution in [0.3, 0.4) is 0 Å². The standard InChI is InChI=1S/C19H28O3/c1-6-18(4)13-10-15(20)19(5)12-7-11-17(2,3)14(19)8-9-16(21)22-18/h6,8-9,14H,1,7,10-13H2,2-5H3. The van der Waals surface area contributed by atoms with Crippen molar-refractivity contribution in [3.63, 3.8) is 0 Å². The molecular weight excluding hydrogens is 276 g/mol. The van der Waals surface area contributed by atoms with Gasteiger partial charge in [0.1, 0.15) is 11.4 Å². The van der Waals surface area contributed by atoms with Gasteiger partial charge in [0.25, 0.3) is 0 Å². The minimum Gasteiger partial charge on any atom is -0.452 e. The fourth-order valence-electron chi connectivity index (χ4n) is 4.15. The average Bonchev–Trinajstić information content (AvgIpc) is 2.42. The molecule has 0 aromatic rings. The minimum atomic E-state index is -0.773. The molecule has 3 heteroatoms. The third kappa shape index (κ3) is 3.04. The number of hydrogen-bond donors (Lipinski definition) is 0. The number of allylic oxidation sites excluding steroid dienone is 1. The lowest BCUT2D eigenvalue weighted by molar-refractivity contribution is -0.151. The van der Waals surface area contributed by atoms with Crippen LogP contribution >= 0.6 is 0 Å². The van der Waals surface area contributed by atoms with Crippen LogP contribution in [0.25, 0.3) is 0 Å². The molecule has 1 fully saturated rings. The summed E-state index contributed by atoms with van der Waals surface area (Å²) in [5.74, 6) is 0.00306. The summed E-state index contributed by atoms with van der Waals surface area (Å²) in [5, 5.41) is 0. The number of Topliss-reactive ketones (excluding diaryl/α,β-unsaturated/α-hetero) is 1. The summed E-state index contributed by atoms with van der Waals surface area (Å²) in [6.45, 7) is 12.0. The number of cyclic esters (lactones) is 1. The Kier molecular flexibility index (Phi) is 4.38. The summed E-state index contributed by atoms with van der Waals surface area (Å²) >= 11 is 0. The van der Waals surface area contributed by atoms with Gasteiger partial charge >= 0.3 is 5.97 Å². The van der Waals surface area contributed by atoms with E-state index in [0.29, 0.717) is 12.8 Å². The number of carbonyl (C=O) groups excluding carboxylic acids is 2. The number of esters is 1. The molecular formula is C19H28O3. The zero-order valence-corrected chi connectivity index (χ0v) is 14.3. The molecule has 0 N–H and O–H groups in total. The Hall–Kier alpha value is -1.38. The van der Waals surface area contributed by atoms with E-state index >= 15 is 0 Å². The van der Waals surface area contributed by atoms with E-state index in [1.807, 2.05) is 13.0 Å². The Morgan fingerprint density at radius 3 is 2.50 bits per heavy atom. The van der Waals surface area contributed by atoms with Crippen LogP contribution in [0, 0.1) is 16.7 Å². The van der Waals surface area contributed by atoms with Gasteiger partial charge in [-0.2, -0.15) is 0 Å². The zero-order valence-electron chi connectivity index (χ0n) is 14.3. The van der Waals surface area contributed by atoms with Crippen LogP contribution in [0.15, 0.2) is 24.8 Å². The van der Waals surface area contributed by atoms with Crippen molar-refractivity contribution in [1.82, 2.24) is 0 Å². The van der Waals surface area contributed by atoms with Crippen molar-refractivity contribution in [2.45, 2.75) is 65.4 Å². The molecule has 22 heavy (non-hydrogen) atoms. The van der Waals surface area contributed by atoms with Crippen LogP contribution in [-0.2, 0) is 14.3 Å². The van der Waals surface area contributed by atoms with Crippen molar-refractivity contribution < 1.29 is 14.3 Å². The fraction of sp³-hybridized carbons (Fsp3) is 0.684. The van der Waals surface area contributed by atoms with Crippen LogP contribution in [0.1, 0.15) is 59.8 Å². The molecule has 1 saturated carbocycles. The molecule has 0 spiro atoms. The summed E-state index contributed by atoms with van der Waals surface area (Å²) in [4.78, 5) is 25.1. The molecule has 1 heterocycles. The molecule has 3 atom stereocenters. The van der Waals surface area contributed by atoms with E-state index < -0.39 is 11.0 Å². The highest BCUT2D eigenvalue weighted by molar-refractivity contribution is 5.87. The highest BCUT2D eigenvalue weighted by atomic mass is 16.6. The smallest absolute Gasteiger partial charge is 0.331 e. The van der Waals surface area contributed by atoms with E-state index in [1.165, 1.54) is 6.08 Å². The number of ketones is 1. The SMILES string of the molecule is C=CC1(C)CCC(=O)C2(C)CCCC(C)(C)C2C=CC(=O)O1. The van der Waals surface area contributed by atoms with E-state index in [2.05, 4.69) is 27.4 Å². The van der Waals surface area contributed by atoms with E-state index in [9.17, 15) is 9.59 Å². The molecule has 1 aliphatic heterocycles. The van der Waals surface area contributed by atoms with Gasteiger partial charge in [-0.25, -0.2) is 4.79 Å². The molecule has 3 unspecified atom stereocenters. The lowest BCUT2D eigenvalue weighted by Gasteiger charge is -2.49. The Labute approximate surface area is 133 Å². The molecule has 1 aliphatic carbocycles. The molecule has 0 bridgehead atoms. The Bertz CT molecular complexity index is 517. The van der Waals surface area contributed by atoms with Gasteiger partial charge in [0.05, 0.1) is 0 Å². The molecule has 2 rings (SSSR count). The maximum absolute atomic E-state index is 13.0. The van der Waals surface area contributed by atoms with Crippen molar-refractivity contribution in [2.24, 2.45) is 16.7 Å². The lowest BCUT2D eigenvalue weighted by atomic mass is 9.54. The van der Waals surface area contributed by atoms with E-state index in [4.69, 9.17) is 4.74 Å². The first-order valence-corrected chi connectivity index (χ1v) is 8.21. The number of rotatable bonds is 1. The molecule has 0 aromatic heterocycles. The second-order valence-corrected chi connectivity index (χ2v) is 7.96. The van der Waals surface area contributed by atoms with Crippen molar-refractivity contribution in [3.05, 3.63) is 24.8 Å². The number of hydrogen-bond acceptors (Lipinski definition) is 3. The topological polar surface area (TPSA) is 43.4 Å². The number of fused-ring (bicyclic) bond motifs is 1. The first-order valence-electron chi connectivity index (χ1n) is 8.21. The highest BCUT2D eigenvalue weighted by Gasteiger charge is 2.49. The fourth-order valence-corrected chi connectivity index (χ4v) is 4.15. The number of ether oxygens (including phenoxy) is 1. The molecule has 3 nitrogen and oxygen atoms in total. The van der Waals surface area contributed by atoms with Gasteiger partial charge in [0, 0.05) is 17.9 Å². The van der Waals surface area contributed by atoms with Gasteiger partial charge in [-0.1, -0.05) is 39.8 Å². The molecule has 122 valence electrons. The van der Waals surface area contributed by atoms with Crippen molar-refractivity contribution in [2.75, 3.05) is 0 Å². The summed E-state index contributed by atoms with van der Waals surface area (Å²) in [6.07, 6.45) is 8.99.